The molecule has 9 heteroatoms. The normalized spacial score (nSPS) is 10.7. The summed E-state index contributed by atoms with van der Waals surface area (Å²) in [6.07, 6.45) is 3.55. The van der Waals surface area contributed by atoms with Gasteiger partial charge in [-0.05, 0) is 146 Å². The van der Waals surface area contributed by atoms with E-state index in [-0.39, 0.29) is 31.1 Å². The van der Waals surface area contributed by atoms with Crippen LogP contribution in [0, 0.1) is 0 Å². The Hall–Kier alpha value is -6.97. The zero-order valence-electron chi connectivity index (χ0n) is 37.4. The van der Waals surface area contributed by atoms with E-state index in [1.807, 2.05) is 12.1 Å². The molecule has 0 saturated carbocycles. The fourth-order valence-corrected chi connectivity index (χ4v) is 7.25. The van der Waals surface area contributed by atoms with Crippen LogP contribution in [0.3, 0.4) is 0 Å². The first-order valence-corrected chi connectivity index (χ1v) is 22.4. The Bertz CT molecular complexity index is 2510. The third-order valence-corrected chi connectivity index (χ3v) is 11.2. The van der Waals surface area contributed by atoms with Crippen LogP contribution in [-0.2, 0) is 60.7 Å². The topological polar surface area (TPSA) is 85.4 Å². The number of hydrogen-bond acceptors (Lipinski definition) is 8. The van der Waals surface area contributed by atoms with Crippen LogP contribution < -0.4 is 9.80 Å². The minimum atomic E-state index is -0.385. The minimum absolute atomic E-state index is 0.280. The number of hydrogen-bond donors (Lipinski definition) is 0. The minimum Gasteiger partial charge on any atom is -0.462 e. The van der Waals surface area contributed by atoms with Crippen LogP contribution in [0.1, 0.15) is 48.6 Å². The smallest absolute Gasteiger partial charge is 0.333 e. The number of nitrogens with zero attached hydrogens (tertiary/aromatic N) is 2. The van der Waals surface area contributed by atoms with Crippen molar-refractivity contribution in [2.24, 2.45) is 0 Å². The maximum absolute atomic E-state index is 11.9. The molecule has 6 aromatic carbocycles. The van der Waals surface area contributed by atoms with Crippen molar-refractivity contribution in [1.29, 1.82) is 0 Å². The summed E-state index contributed by atoms with van der Waals surface area (Å²) in [7, 11) is 0. The Kier molecular flexibility index (Phi) is 16.9. The largest absolute Gasteiger partial charge is 0.462 e. The summed E-state index contributed by atoms with van der Waals surface area (Å²) in [5.41, 5.74) is 12.9. The molecule has 0 atom stereocenters. The van der Waals surface area contributed by atoms with Crippen LogP contribution in [0.2, 0.25) is 0 Å². The molecule has 0 aliphatic carbocycles. The fourth-order valence-electron chi connectivity index (χ4n) is 6.99. The Labute approximate surface area is 391 Å². The highest BCUT2D eigenvalue weighted by atomic mass is 79.9. The maximum Gasteiger partial charge on any atom is 0.333 e. The van der Waals surface area contributed by atoms with Crippen LogP contribution >= 0.6 is 15.9 Å². The number of aryl methyl sites for hydroxylation is 2. The molecule has 0 radical (unpaired) electrons. The lowest BCUT2D eigenvalue weighted by molar-refractivity contribution is -0.139. The number of carbonyl (C=O) groups is 3. The zero-order chi connectivity index (χ0) is 46.3. The van der Waals surface area contributed by atoms with Crippen molar-refractivity contribution < 1.29 is 28.6 Å². The SMILES string of the molecule is C=C(C)C(=O)OCCc1ccc(N(c2ccc(Br)cc2)c2ccc(CCc3ccc(N(c4ccc(CCOC(=O)C(=C)C)cc4)c4ccc(CCOC(=O)C(=C)C)cc4)cc3)cc2)cc1. The summed E-state index contributed by atoms with van der Waals surface area (Å²) in [6, 6.07) is 50.6. The van der Waals surface area contributed by atoms with Crippen LogP contribution in [0.25, 0.3) is 0 Å². The van der Waals surface area contributed by atoms with Crippen molar-refractivity contribution in [3.05, 3.63) is 214 Å². The fraction of sp³-hybridized carbons (Fsp3) is 0.196. The second-order valence-electron chi connectivity index (χ2n) is 16.0. The highest BCUT2D eigenvalue weighted by Gasteiger charge is 2.16. The molecule has 0 N–H and O–H groups in total. The van der Waals surface area contributed by atoms with Gasteiger partial charge in [-0.15, -0.1) is 0 Å². The third kappa shape index (κ3) is 13.8. The lowest BCUT2D eigenvalue weighted by Crippen LogP contribution is -2.11. The predicted molar refractivity (Wildman–Crippen MR) is 266 cm³/mol. The van der Waals surface area contributed by atoms with Gasteiger partial charge in [0, 0.05) is 74.6 Å². The van der Waals surface area contributed by atoms with E-state index in [0.29, 0.717) is 42.6 Å². The zero-order valence-corrected chi connectivity index (χ0v) is 38.9. The van der Waals surface area contributed by atoms with E-state index in [4.69, 9.17) is 14.2 Å². The van der Waals surface area contributed by atoms with E-state index in [1.54, 1.807) is 20.8 Å². The second kappa shape index (κ2) is 23.1. The number of carbonyl (C=O) groups excluding carboxylic acids is 3. The third-order valence-electron chi connectivity index (χ3n) is 10.7. The molecule has 0 unspecified atom stereocenters. The summed E-state index contributed by atoms with van der Waals surface area (Å²) in [5.74, 6) is -1.14. The number of benzene rings is 6. The van der Waals surface area contributed by atoms with E-state index in [2.05, 4.69) is 179 Å². The van der Waals surface area contributed by atoms with Gasteiger partial charge in [0.1, 0.15) is 0 Å². The lowest BCUT2D eigenvalue weighted by atomic mass is 10.0. The molecular weight excluding hydrogens is 877 g/mol. The van der Waals surface area contributed by atoms with Crippen molar-refractivity contribution in [3.8, 4) is 0 Å². The van der Waals surface area contributed by atoms with E-state index in [0.717, 1.165) is 68.1 Å². The number of anilines is 6. The molecule has 0 bridgehead atoms. The molecule has 0 fully saturated rings. The van der Waals surface area contributed by atoms with Crippen LogP contribution in [0.5, 0.6) is 0 Å². The molecule has 0 amide bonds. The lowest BCUT2D eigenvalue weighted by Gasteiger charge is -2.26. The van der Waals surface area contributed by atoms with Gasteiger partial charge in [0.2, 0.25) is 0 Å². The van der Waals surface area contributed by atoms with Crippen molar-refractivity contribution in [3.63, 3.8) is 0 Å². The molecular formula is C56H55BrN2O6. The maximum atomic E-state index is 11.9. The number of esters is 3. The highest BCUT2D eigenvalue weighted by Crippen LogP contribution is 2.37. The van der Waals surface area contributed by atoms with Gasteiger partial charge in [0.15, 0.2) is 0 Å². The van der Waals surface area contributed by atoms with Crippen LogP contribution in [-0.4, -0.2) is 37.7 Å². The molecule has 65 heavy (non-hydrogen) atoms. The first kappa shape index (κ1) is 47.5. The highest BCUT2D eigenvalue weighted by molar-refractivity contribution is 9.10. The second-order valence-corrected chi connectivity index (χ2v) is 16.9. The van der Waals surface area contributed by atoms with E-state index in [1.165, 1.54) is 11.1 Å². The van der Waals surface area contributed by atoms with Crippen molar-refractivity contribution >= 4 is 68.0 Å². The van der Waals surface area contributed by atoms with Gasteiger partial charge in [0.25, 0.3) is 0 Å². The average molecular weight is 932 g/mol. The number of ether oxygens (including phenoxy) is 3. The summed E-state index contributed by atoms with van der Waals surface area (Å²) in [5, 5.41) is 0. The summed E-state index contributed by atoms with van der Waals surface area (Å²) in [6.45, 7) is 16.8. The van der Waals surface area contributed by atoms with Crippen LogP contribution in [0.15, 0.2) is 187 Å². The van der Waals surface area contributed by atoms with Gasteiger partial charge in [-0.2, -0.15) is 0 Å². The Balaban J connectivity index is 1.15. The first-order valence-electron chi connectivity index (χ1n) is 21.6. The molecule has 0 spiro atoms. The molecule has 0 saturated heterocycles. The van der Waals surface area contributed by atoms with Gasteiger partial charge in [-0.25, -0.2) is 14.4 Å². The average Bonchev–Trinajstić information content (AvgIpc) is 3.31. The molecule has 8 nitrogen and oxygen atoms in total. The summed E-state index contributed by atoms with van der Waals surface area (Å²) in [4.78, 5) is 40.0. The molecule has 0 heterocycles. The van der Waals surface area contributed by atoms with Gasteiger partial charge >= 0.3 is 17.9 Å². The Morgan fingerprint density at radius 3 is 0.785 bits per heavy atom. The molecule has 0 aliphatic heterocycles. The Morgan fingerprint density at radius 1 is 0.369 bits per heavy atom. The first-order chi connectivity index (χ1) is 31.3. The Morgan fingerprint density at radius 2 is 0.569 bits per heavy atom. The van der Waals surface area contributed by atoms with Gasteiger partial charge in [-0.3, -0.25) is 0 Å². The van der Waals surface area contributed by atoms with Gasteiger partial charge in [-0.1, -0.05) is 96.3 Å². The number of halogens is 1. The summed E-state index contributed by atoms with van der Waals surface area (Å²) < 4.78 is 17.0. The van der Waals surface area contributed by atoms with Crippen LogP contribution in [0.4, 0.5) is 34.1 Å². The van der Waals surface area contributed by atoms with E-state index in [9.17, 15) is 14.4 Å². The van der Waals surface area contributed by atoms with Gasteiger partial charge in [0.05, 0.1) is 19.8 Å². The molecule has 0 aromatic heterocycles. The quantitative estimate of drug-likeness (QED) is 0.0401. The predicted octanol–water partition coefficient (Wildman–Crippen LogP) is 13.2. The molecule has 6 rings (SSSR count). The standard InChI is InChI=1S/C56H55BrN2O6/c1-39(2)54(60)63-36-33-44-13-25-50(26-14-44)58(51-27-15-45(16-28-51)34-37-64-55(61)40(3)4)48-21-9-42(10-22-48)7-8-43-11-23-49(24-12-43)59(53-31-19-47(57)20-32-53)52-29-17-46(18-30-52)35-38-65-56(62)41(5)6/h9-32H,1,3,5,7-8,33-38H2,2,4,6H3. The van der Waals surface area contributed by atoms with Crippen molar-refractivity contribution in [1.82, 2.24) is 0 Å². The van der Waals surface area contributed by atoms with E-state index >= 15 is 0 Å². The van der Waals surface area contributed by atoms with Gasteiger partial charge < -0.3 is 24.0 Å². The van der Waals surface area contributed by atoms with Crippen molar-refractivity contribution in [2.75, 3.05) is 29.6 Å². The molecule has 332 valence electrons. The van der Waals surface area contributed by atoms with E-state index < -0.39 is 0 Å². The molecule has 6 aromatic rings. The van der Waals surface area contributed by atoms with Crippen molar-refractivity contribution in [2.45, 2.75) is 52.9 Å². The monoisotopic (exact) mass is 930 g/mol. The summed E-state index contributed by atoms with van der Waals surface area (Å²) >= 11 is 3.58. The number of rotatable bonds is 21. The molecule has 0 aliphatic rings.